The Morgan fingerprint density at radius 3 is 2.32 bits per heavy atom. The van der Waals surface area contributed by atoms with Crippen molar-refractivity contribution in [2.45, 2.75) is 26.3 Å². The van der Waals surface area contributed by atoms with Crippen LogP contribution in [0.2, 0.25) is 0 Å². The molecule has 1 N–H and O–H groups in total. The van der Waals surface area contributed by atoms with Crippen molar-refractivity contribution in [2.75, 3.05) is 45.2 Å². The van der Waals surface area contributed by atoms with Gasteiger partial charge in [-0.05, 0) is 29.2 Å². The molecule has 0 bridgehead atoms. The van der Waals surface area contributed by atoms with Crippen LogP contribution in [0.15, 0.2) is 42.5 Å². The number of nitrogens with one attached hydrogen (secondary N) is 1. The van der Waals surface area contributed by atoms with Gasteiger partial charge in [-0.1, -0.05) is 38.1 Å². The molecule has 1 aliphatic heterocycles. The maximum Gasteiger partial charge on any atom is 0.296 e. The van der Waals surface area contributed by atoms with Gasteiger partial charge in [0.2, 0.25) is 5.91 Å². The summed E-state index contributed by atoms with van der Waals surface area (Å²) in [7, 11) is 1.44. The van der Waals surface area contributed by atoms with Crippen LogP contribution >= 0.6 is 0 Å². The standard InChI is InChI=1S/C23H30N4O4/c1-17(2)19-6-4-18(5-7-19)15-25-10-12-26(13-11-25)16-23(28)24-21-9-8-20(31-3)14-22(21)27(29)30/h4-9,14,17H,10-13,15-16H2,1-3H3,(H,24,28). The third-order valence-electron chi connectivity index (χ3n) is 5.56. The summed E-state index contributed by atoms with van der Waals surface area (Å²) in [6.45, 7) is 8.80. The summed E-state index contributed by atoms with van der Waals surface area (Å²) in [5.74, 6) is 0.647. The number of rotatable bonds is 8. The smallest absolute Gasteiger partial charge is 0.296 e. The van der Waals surface area contributed by atoms with E-state index in [0.29, 0.717) is 11.7 Å². The molecule has 2 aromatic rings. The lowest BCUT2D eigenvalue weighted by Crippen LogP contribution is -2.48. The van der Waals surface area contributed by atoms with Crippen molar-refractivity contribution < 1.29 is 14.5 Å². The molecule has 8 nitrogen and oxygen atoms in total. The van der Waals surface area contributed by atoms with Crippen LogP contribution in [0.25, 0.3) is 0 Å². The molecular formula is C23H30N4O4. The molecule has 0 saturated carbocycles. The first-order valence-electron chi connectivity index (χ1n) is 10.5. The molecule has 166 valence electrons. The first kappa shape index (κ1) is 22.7. The number of hydrogen-bond acceptors (Lipinski definition) is 6. The molecule has 0 unspecified atom stereocenters. The molecule has 0 aliphatic carbocycles. The maximum atomic E-state index is 12.4. The van der Waals surface area contributed by atoms with E-state index < -0.39 is 4.92 Å². The molecule has 1 fully saturated rings. The average Bonchev–Trinajstić information content (AvgIpc) is 2.75. The lowest BCUT2D eigenvalue weighted by Gasteiger charge is -2.34. The van der Waals surface area contributed by atoms with E-state index in [2.05, 4.69) is 53.2 Å². The van der Waals surface area contributed by atoms with Gasteiger partial charge in [-0.3, -0.25) is 24.7 Å². The highest BCUT2D eigenvalue weighted by Crippen LogP contribution is 2.29. The average molecular weight is 427 g/mol. The van der Waals surface area contributed by atoms with Crippen LogP contribution < -0.4 is 10.1 Å². The zero-order valence-electron chi connectivity index (χ0n) is 18.3. The van der Waals surface area contributed by atoms with Gasteiger partial charge in [0.05, 0.1) is 24.6 Å². The largest absolute Gasteiger partial charge is 0.496 e. The molecular weight excluding hydrogens is 396 g/mol. The third-order valence-corrected chi connectivity index (χ3v) is 5.56. The van der Waals surface area contributed by atoms with Gasteiger partial charge in [0.1, 0.15) is 11.4 Å². The van der Waals surface area contributed by atoms with E-state index in [-0.39, 0.29) is 23.8 Å². The summed E-state index contributed by atoms with van der Waals surface area (Å²) in [5.41, 5.74) is 2.64. The van der Waals surface area contributed by atoms with Gasteiger partial charge in [-0.15, -0.1) is 0 Å². The highest BCUT2D eigenvalue weighted by molar-refractivity contribution is 5.94. The van der Waals surface area contributed by atoms with Crippen LogP contribution in [0.5, 0.6) is 5.75 Å². The number of nitrogens with zero attached hydrogens (tertiary/aromatic N) is 3. The fourth-order valence-corrected chi connectivity index (χ4v) is 3.66. The topological polar surface area (TPSA) is 88.0 Å². The molecule has 1 heterocycles. The van der Waals surface area contributed by atoms with Crippen LogP contribution in [-0.2, 0) is 11.3 Å². The van der Waals surface area contributed by atoms with Gasteiger partial charge in [0, 0.05) is 32.7 Å². The van der Waals surface area contributed by atoms with Crippen LogP contribution in [0.1, 0.15) is 30.9 Å². The van der Waals surface area contributed by atoms with Crippen molar-refractivity contribution in [3.05, 3.63) is 63.7 Å². The number of ether oxygens (including phenoxy) is 1. The number of nitro groups is 1. The second kappa shape index (κ2) is 10.4. The number of carbonyl (C=O) groups excluding carboxylic acids is 1. The number of carbonyl (C=O) groups is 1. The minimum atomic E-state index is -0.523. The molecule has 31 heavy (non-hydrogen) atoms. The Balaban J connectivity index is 1.48. The van der Waals surface area contributed by atoms with E-state index in [0.717, 1.165) is 32.7 Å². The predicted octanol–water partition coefficient (Wildman–Crippen LogP) is 3.48. The molecule has 0 radical (unpaired) electrons. The molecule has 3 rings (SSSR count). The van der Waals surface area contributed by atoms with Gasteiger partial charge in [-0.2, -0.15) is 0 Å². The predicted molar refractivity (Wildman–Crippen MR) is 121 cm³/mol. The van der Waals surface area contributed by atoms with Gasteiger partial charge >= 0.3 is 0 Å². The molecule has 0 atom stereocenters. The fourth-order valence-electron chi connectivity index (χ4n) is 3.66. The van der Waals surface area contributed by atoms with E-state index in [1.165, 1.54) is 30.4 Å². The maximum absolute atomic E-state index is 12.4. The molecule has 1 amide bonds. The van der Waals surface area contributed by atoms with Gasteiger partial charge < -0.3 is 10.1 Å². The Bertz CT molecular complexity index is 906. The second-order valence-corrected chi connectivity index (χ2v) is 8.14. The van der Waals surface area contributed by atoms with Crippen LogP contribution in [0, 0.1) is 10.1 Å². The van der Waals surface area contributed by atoms with E-state index in [9.17, 15) is 14.9 Å². The van der Waals surface area contributed by atoms with E-state index in [1.807, 2.05) is 0 Å². The Hall–Kier alpha value is -2.97. The lowest BCUT2D eigenvalue weighted by molar-refractivity contribution is -0.384. The van der Waals surface area contributed by atoms with Gasteiger partial charge in [-0.25, -0.2) is 0 Å². The Labute approximate surface area is 182 Å². The fraction of sp³-hybridized carbons (Fsp3) is 0.435. The quantitative estimate of drug-likeness (QED) is 0.514. The number of hydrogen-bond donors (Lipinski definition) is 1. The minimum Gasteiger partial charge on any atom is -0.496 e. The van der Waals surface area contributed by atoms with Crippen molar-refractivity contribution in [3.63, 3.8) is 0 Å². The molecule has 8 heteroatoms. The number of nitro benzene ring substituents is 1. The van der Waals surface area contributed by atoms with Crippen molar-refractivity contribution in [1.82, 2.24) is 9.80 Å². The zero-order chi connectivity index (χ0) is 22.4. The van der Waals surface area contributed by atoms with Gasteiger partial charge in [0.15, 0.2) is 0 Å². The normalized spacial score (nSPS) is 15.1. The Morgan fingerprint density at radius 1 is 1.10 bits per heavy atom. The first-order valence-corrected chi connectivity index (χ1v) is 10.5. The molecule has 1 saturated heterocycles. The summed E-state index contributed by atoms with van der Waals surface area (Å²) in [4.78, 5) is 27.7. The highest BCUT2D eigenvalue weighted by Gasteiger charge is 2.21. The summed E-state index contributed by atoms with van der Waals surface area (Å²) in [5, 5.41) is 13.9. The van der Waals surface area contributed by atoms with Crippen LogP contribution in [-0.4, -0.2) is 60.5 Å². The van der Waals surface area contributed by atoms with E-state index in [1.54, 1.807) is 6.07 Å². The van der Waals surface area contributed by atoms with E-state index >= 15 is 0 Å². The highest BCUT2D eigenvalue weighted by atomic mass is 16.6. The van der Waals surface area contributed by atoms with Gasteiger partial charge in [0.25, 0.3) is 5.69 Å². The SMILES string of the molecule is COc1ccc(NC(=O)CN2CCN(Cc3ccc(C(C)C)cc3)CC2)c([N+](=O)[O-])c1. The van der Waals surface area contributed by atoms with Crippen LogP contribution in [0.3, 0.4) is 0 Å². The Kier molecular flexibility index (Phi) is 7.59. The number of methoxy groups -OCH3 is 1. The van der Waals surface area contributed by atoms with Crippen LogP contribution in [0.4, 0.5) is 11.4 Å². The number of piperazine rings is 1. The van der Waals surface area contributed by atoms with Crippen molar-refractivity contribution in [2.24, 2.45) is 0 Å². The molecule has 0 aromatic heterocycles. The number of benzene rings is 2. The van der Waals surface area contributed by atoms with Crippen molar-refractivity contribution in [3.8, 4) is 5.75 Å². The summed E-state index contributed by atoms with van der Waals surface area (Å²) in [6, 6.07) is 13.2. The van der Waals surface area contributed by atoms with Crippen molar-refractivity contribution in [1.29, 1.82) is 0 Å². The van der Waals surface area contributed by atoms with Crippen molar-refractivity contribution >= 4 is 17.3 Å². The first-order chi connectivity index (χ1) is 14.9. The summed E-state index contributed by atoms with van der Waals surface area (Å²) < 4.78 is 5.03. The third kappa shape index (κ3) is 6.26. The summed E-state index contributed by atoms with van der Waals surface area (Å²) in [6.07, 6.45) is 0. The second-order valence-electron chi connectivity index (χ2n) is 8.14. The van der Waals surface area contributed by atoms with E-state index in [4.69, 9.17) is 4.74 Å². The Morgan fingerprint density at radius 2 is 1.74 bits per heavy atom. The lowest BCUT2D eigenvalue weighted by atomic mass is 10.0. The summed E-state index contributed by atoms with van der Waals surface area (Å²) >= 11 is 0. The monoisotopic (exact) mass is 426 g/mol. The number of anilines is 1. The number of amides is 1. The molecule has 0 spiro atoms. The minimum absolute atomic E-state index is 0.180. The molecule has 2 aromatic carbocycles. The molecule has 1 aliphatic rings. The zero-order valence-corrected chi connectivity index (χ0v) is 18.3.